The molecule has 1 fully saturated rings. The Bertz CT molecular complexity index is 865. The van der Waals surface area contributed by atoms with Crippen LogP contribution in [0.4, 0.5) is 0 Å². The number of rotatable bonds is 6. The van der Waals surface area contributed by atoms with Crippen molar-refractivity contribution >= 4 is 15.7 Å². The lowest BCUT2D eigenvalue weighted by Gasteiger charge is -2.34. The van der Waals surface area contributed by atoms with Gasteiger partial charge in [0.15, 0.2) is 9.84 Å². The molecule has 1 amide bonds. The molecule has 0 N–H and O–H groups in total. The van der Waals surface area contributed by atoms with Gasteiger partial charge in [-0.3, -0.25) is 9.69 Å². The lowest BCUT2D eigenvalue weighted by atomic mass is 10.1. The number of carbonyl (C=O) groups excluding carboxylic acids is 1. The maximum atomic E-state index is 12.4. The van der Waals surface area contributed by atoms with Crippen molar-refractivity contribution in [2.45, 2.75) is 31.7 Å². The highest BCUT2D eigenvalue weighted by atomic mass is 32.2. The van der Waals surface area contributed by atoms with Gasteiger partial charge in [-0.2, -0.15) is 0 Å². The van der Waals surface area contributed by atoms with Crippen LogP contribution < -0.4 is 0 Å². The van der Waals surface area contributed by atoms with Gasteiger partial charge >= 0.3 is 0 Å². The second kappa shape index (κ2) is 8.22. The van der Waals surface area contributed by atoms with Gasteiger partial charge in [-0.05, 0) is 26.0 Å². The molecule has 0 aliphatic carbocycles. The summed E-state index contributed by atoms with van der Waals surface area (Å²) in [4.78, 5) is 16.7. The van der Waals surface area contributed by atoms with E-state index in [0.29, 0.717) is 13.1 Å². The van der Waals surface area contributed by atoms with Gasteiger partial charge in [0.05, 0.1) is 16.3 Å². The molecule has 2 heterocycles. The van der Waals surface area contributed by atoms with Crippen LogP contribution in [-0.4, -0.2) is 61.2 Å². The maximum Gasteiger partial charge on any atom is 0.223 e. The fourth-order valence-corrected chi connectivity index (χ4v) is 4.48. The van der Waals surface area contributed by atoms with E-state index in [1.165, 1.54) is 0 Å². The first-order chi connectivity index (χ1) is 12.9. The summed E-state index contributed by atoms with van der Waals surface area (Å²) in [5.74, 6) is 0.568. The third-order valence-electron chi connectivity index (χ3n) is 4.97. The normalized spacial score (nSPS) is 15.9. The average Bonchev–Trinajstić information content (AvgIpc) is 2.99. The molecule has 8 heteroatoms. The predicted molar refractivity (Wildman–Crippen MR) is 101 cm³/mol. The standard InChI is InChI=1S/C19H25N3O4S/c1-15-18(16(2)26-20-15)14-21-9-11-22(12-10-21)19(23)8-13-27(24,25)17-6-4-3-5-7-17/h3-7H,8-14H2,1-2H3. The van der Waals surface area contributed by atoms with Crippen LogP contribution in [0.15, 0.2) is 39.8 Å². The second-order valence-electron chi connectivity index (χ2n) is 6.84. The number of carbonyl (C=O) groups is 1. The van der Waals surface area contributed by atoms with Gasteiger partial charge in [0.2, 0.25) is 5.91 Å². The Morgan fingerprint density at radius 3 is 2.37 bits per heavy atom. The van der Waals surface area contributed by atoms with Crippen LogP contribution in [0.5, 0.6) is 0 Å². The Morgan fingerprint density at radius 1 is 1.11 bits per heavy atom. The van der Waals surface area contributed by atoms with Gasteiger partial charge in [0, 0.05) is 44.7 Å². The predicted octanol–water partition coefficient (Wildman–Crippen LogP) is 1.80. The van der Waals surface area contributed by atoms with E-state index in [-0.39, 0.29) is 23.0 Å². The van der Waals surface area contributed by atoms with Crippen molar-refractivity contribution in [3.8, 4) is 0 Å². The van der Waals surface area contributed by atoms with Crippen molar-refractivity contribution in [3.05, 3.63) is 47.3 Å². The first kappa shape index (κ1) is 19.6. The Labute approximate surface area is 159 Å². The zero-order chi connectivity index (χ0) is 19.4. The summed E-state index contributed by atoms with van der Waals surface area (Å²) in [6, 6.07) is 8.27. The molecule has 1 saturated heterocycles. The molecule has 0 saturated carbocycles. The average molecular weight is 391 g/mol. The summed E-state index contributed by atoms with van der Waals surface area (Å²) in [6.45, 7) is 7.30. The maximum absolute atomic E-state index is 12.4. The van der Waals surface area contributed by atoms with E-state index < -0.39 is 9.84 Å². The number of aromatic nitrogens is 1. The highest BCUT2D eigenvalue weighted by Gasteiger charge is 2.24. The van der Waals surface area contributed by atoms with Crippen LogP contribution in [0.1, 0.15) is 23.4 Å². The number of hydrogen-bond donors (Lipinski definition) is 0. The minimum absolute atomic E-state index is 0.0150. The monoisotopic (exact) mass is 391 g/mol. The number of aryl methyl sites for hydroxylation is 2. The van der Waals surface area contributed by atoms with Gasteiger partial charge < -0.3 is 9.42 Å². The van der Waals surface area contributed by atoms with Crippen LogP contribution in [-0.2, 0) is 21.2 Å². The van der Waals surface area contributed by atoms with Gasteiger partial charge in [0.25, 0.3) is 0 Å². The van der Waals surface area contributed by atoms with Crippen LogP contribution in [0.3, 0.4) is 0 Å². The van der Waals surface area contributed by atoms with Crippen molar-refractivity contribution in [1.29, 1.82) is 0 Å². The molecular formula is C19H25N3O4S. The van der Waals surface area contributed by atoms with E-state index in [4.69, 9.17) is 4.52 Å². The minimum Gasteiger partial charge on any atom is -0.361 e. The van der Waals surface area contributed by atoms with Crippen molar-refractivity contribution in [2.24, 2.45) is 0 Å². The highest BCUT2D eigenvalue weighted by Crippen LogP contribution is 2.17. The molecule has 146 valence electrons. The summed E-state index contributed by atoms with van der Waals surface area (Å²) in [5, 5.41) is 3.97. The Balaban J connectivity index is 1.49. The van der Waals surface area contributed by atoms with E-state index in [1.807, 2.05) is 13.8 Å². The quantitative estimate of drug-likeness (QED) is 0.747. The molecule has 2 aromatic rings. The fourth-order valence-electron chi connectivity index (χ4n) is 3.23. The lowest BCUT2D eigenvalue weighted by Crippen LogP contribution is -2.48. The van der Waals surface area contributed by atoms with Gasteiger partial charge in [-0.25, -0.2) is 8.42 Å². The minimum atomic E-state index is -3.42. The molecular weight excluding hydrogens is 366 g/mol. The Morgan fingerprint density at radius 2 is 1.78 bits per heavy atom. The van der Waals surface area contributed by atoms with Gasteiger partial charge in [-0.15, -0.1) is 0 Å². The summed E-state index contributed by atoms with van der Waals surface area (Å²) in [5.41, 5.74) is 2.00. The number of amides is 1. The van der Waals surface area contributed by atoms with Crippen LogP contribution in [0.25, 0.3) is 0 Å². The molecule has 1 aliphatic rings. The van der Waals surface area contributed by atoms with E-state index in [0.717, 1.165) is 36.7 Å². The number of nitrogens with zero attached hydrogens (tertiary/aromatic N) is 3. The topological polar surface area (TPSA) is 83.7 Å². The number of hydrogen-bond acceptors (Lipinski definition) is 6. The number of sulfone groups is 1. The van der Waals surface area contributed by atoms with Crippen molar-refractivity contribution in [1.82, 2.24) is 15.0 Å². The van der Waals surface area contributed by atoms with Crippen LogP contribution in [0, 0.1) is 13.8 Å². The van der Waals surface area contributed by atoms with Crippen LogP contribution in [0.2, 0.25) is 0 Å². The molecule has 1 aromatic carbocycles. The molecule has 1 aromatic heterocycles. The summed E-state index contributed by atoms with van der Waals surface area (Å²) < 4.78 is 29.8. The van der Waals surface area contributed by atoms with Crippen molar-refractivity contribution < 1.29 is 17.7 Å². The third-order valence-corrected chi connectivity index (χ3v) is 6.71. The van der Waals surface area contributed by atoms with E-state index in [1.54, 1.807) is 35.2 Å². The smallest absolute Gasteiger partial charge is 0.223 e. The zero-order valence-corrected chi connectivity index (χ0v) is 16.5. The second-order valence-corrected chi connectivity index (χ2v) is 8.95. The largest absolute Gasteiger partial charge is 0.361 e. The third kappa shape index (κ3) is 4.75. The molecule has 7 nitrogen and oxygen atoms in total. The summed E-state index contributed by atoms with van der Waals surface area (Å²) in [7, 11) is -3.42. The molecule has 3 rings (SSSR count). The Kier molecular flexibility index (Phi) is 5.96. The highest BCUT2D eigenvalue weighted by molar-refractivity contribution is 7.91. The van der Waals surface area contributed by atoms with E-state index in [9.17, 15) is 13.2 Å². The van der Waals surface area contributed by atoms with Gasteiger partial charge in [-0.1, -0.05) is 23.4 Å². The Hall–Kier alpha value is -2.19. The van der Waals surface area contributed by atoms with Gasteiger partial charge in [0.1, 0.15) is 5.76 Å². The SMILES string of the molecule is Cc1noc(C)c1CN1CCN(C(=O)CCS(=O)(=O)c2ccccc2)CC1. The molecule has 0 spiro atoms. The molecule has 0 bridgehead atoms. The molecule has 0 radical (unpaired) electrons. The zero-order valence-electron chi connectivity index (χ0n) is 15.7. The summed E-state index contributed by atoms with van der Waals surface area (Å²) in [6.07, 6.45) is 0.0150. The fraction of sp³-hybridized carbons (Fsp3) is 0.474. The number of piperazine rings is 1. The lowest BCUT2D eigenvalue weighted by molar-refractivity contribution is -0.132. The number of benzene rings is 1. The molecule has 0 unspecified atom stereocenters. The molecule has 0 atom stereocenters. The molecule has 1 aliphatic heterocycles. The van der Waals surface area contributed by atoms with E-state index >= 15 is 0 Å². The van der Waals surface area contributed by atoms with Crippen molar-refractivity contribution in [2.75, 3.05) is 31.9 Å². The first-order valence-electron chi connectivity index (χ1n) is 9.06. The summed E-state index contributed by atoms with van der Waals surface area (Å²) >= 11 is 0. The van der Waals surface area contributed by atoms with Crippen molar-refractivity contribution in [3.63, 3.8) is 0 Å². The van der Waals surface area contributed by atoms with E-state index in [2.05, 4.69) is 10.1 Å². The molecule has 27 heavy (non-hydrogen) atoms. The van der Waals surface area contributed by atoms with Crippen LogP contribution >= 0.6 is 0 Å². The first-order valence-corrected chi connectivity index (χ1v) is 10.7.